The highest BCUT2D eigenvalue weighted by Gasteiger charge is 2.30. The highest BCUT2D eigenvalue weighted by molar-refractivity contribution is 5.78. The van der Waals surface area contributed by atoms with Crippen LogP contribution in [0, 0.1) is 5.82 Å². The average Bonchev–Trinajstić information content (AvgIpc) is 2.67. The molecule has 1 aliphatic heterocycles. The Balaban J connectivity index is 1.78. The first kappa shape index (κ1) is 18.4. The van der Waals surface area contributed by atoms with E-state index in [0.29, 0.717) is 19.5 Å². The lowest BCUT2D eigenvalue weighted by atomic mass is 9.95. The lowest BCUT2D eigenvalue weighted by molar-refractivity contribution is -0.134. The number of halogens is 1. The molecule has 1 amide bonds. The van der Waals surface area contributed by atoms with E-state index < -0.39 is 0 Å². The highest BCUT2D eigenvalue weighted by Crippen LogP contribution is 2.31. The maximum absolute atomic E-state index is 13.5. The summed E-state index contributed by atoms with van der Waals surface area (Å²) < 4.78 is 19.0. The maximum Gasteiger partial charge on any atom is 0.223 e. The fourth-order valence-electron chi connectivity index (χ4n) is 3.53. The zero-order valence-corrected chi connectivity index (χ0v) is 15.2. The molecule has 0 radical (unpaired) electrons. The van der Waals surface area contributed by atoms with Gasteiger partial charge in [-0.2, -0.15) is 0 Å². The predicted octanol–water partition coefficient (Wildman–Crippen LogP) is 3.50. The van der Waals surface area contributed by atoms with E-state index in [0.717, 1.165) is 23.4 Å². The van der Waals surface area contributed by atoms with Crippen molar-refractivity contribution < 1.29 is 13.9 Å². The second-order valence-corrected chi connectivity index (χ2v) is 6.71. The maximum atomic E-state index is 13.5. The number of rotatable bonds is 5. The van der Waals surface area contributed by atoms with Crippen molar-refractivity contribution in [1.82, 2.24) is 10.2 Å². The number of nitrogens with zero attached hydrogens (tertiary/aromatic N) is 1. The Morgan fingerprint density at radius 1 is 1.31 bits per heavy atom. The van der Waals surface area contributed by atoms with E-state index in [2.05, 4.69) is 5.32 Å². The Bertz CT molecular complexity index is 765. The SMILES string of the molecule is COc1ccccc1C1CNCCN1C(=O)CC(C)c1cccc(F)c1. The van der Waals surface area contributed by atoms with Gasteiger partial charge in [-0.15, -0.1) is 0 Å². The van der Waals surface area contributed by atoms with Crippen LogP contribution in [0.5, 0.6) is 5.75 Å². The van der Waals surface area contributed by atoms with Crippen molar-refractivity contribution in [3.05, 3.63) is 65.5 Å². The van der Waals surface area contributed by atoms with Gasteiger partial charge >= 0.3 is 0 Å². The van der Waals surface area contributed by atoms with Crippen LogP contribution < -0.4 is 10.1 Å². The van der Waals surface area contributed by atoms with Crippen LogP contribution in [0.15, 0.2) is 48.5 Å². The number of para-hydroxylation sites is 1. The molecule has 5 heteroatoms. The molecule has 0 spiro atoms. The molecule has 0 bridgehead atoms. The fourth-order valence-corrected chi connectivity index (χ4v) is 3.53. The molecule has 1 saturated heterocycles. The van der Waals surface area contributed by atoms with Crippen LogP contribution in [-0.4, -0.2) is 37.6 Å². The Hall–Kier alpha value is -2.40. The number of ether oxygens (including phenoxy) is 1. The molecule has 3 rings (SSSR count). The monoisotopic (exact) mass is 356 g/mol. The fraction of sp³-hybridized carbons (Fsp3) is 0.381. The van der Waals surface area contributed by atoms with E-state index in [1.165, 1.54) is 12.1 Å². The molecular weight excluding hydrogens is 331 g/mol. The van der Waals surface area contributed by atoms with E-state index in [-0.39, 0.29) is 23.7 Å². The number of nitrogens with one attached hydrogen (secondary N) is 1. The minimum absolute atomic E-state index is 0.0357. The second-order valence-electron chi connectivity index (χ2n) is 6.71. The molecule has 1 aliphatic rings. The van der Waals surface area contributed by atoms with Crippen LogP contribution in [0.25, 0.3) is 0 Å². The van der Waals surface area contributed by atoms with Crippen LogP contribution in [0.4, 0.5) is 4.39 Å². The van der Waals surface area contributed by atoms with Gasteiger partial charge in [-0.25, -0.2) is 4.39 Å². The summed E-state index contributed by atoms with van der Waals surface area (Å²) in [6.45, 7) is 4.08. The molecule has 2 aromatic rings. The molecular formula is C21H25FN2O2. The summed E-state index contributed by atoms with van der Waals surface area (Å²) in [6.07, 6.45) is 0.356. The van der Waals surface area contributed by atoms with Gasteiger partial charge in [-0.05, 0) is 29.7 Å². The summed E-state index contributed by atoms with van der Waals surface area (Å²) in [7, 11) is 1.65. The van der Waals surface area contributed by atoms with Gasteiger partial charge in [-0.1, -0.05) is 37.3 Å². The third-order valence-electron chi connectivity index (χ3n) is 4.96. The van der Waals surface area contributed by atoms with Crippen molar-refractivity contribution in [3.63, 3.8) is 0 Å². The quantitative estimate of drug-likeness (QED) is 0.891. The van der Waals surface area contributed by atoms with Crippen molar-refractivity contribution >= 4 is 5.91 Å². The molecule has 1 heterocycles. The van der Waals surface area contributed by atoms with Crippen LogP contribution in [0.2, 0.25) is 0 Å². The van der Waals surface area contributed by atoms with Crippen molar-refractivity contribution in [3.8, 4) is 5.75 Å². The van der Waals surface area contributed by atoms with Crippen molar-refractivity contribution in [2.75, 3.05) is 26.7 Å². The number of hydrogen-bond acceptors (Lipinski definition) is 3. The van der Waals surface area contributed by atoms with Gasteiger partial charge in [0.05, 0.1) is 13.2 Å². The average molecular weight is 356 g/mol. The van der Waals surface area contributed by atoms with Crippen LogP contribution >= 0.6 is 0 Å². The normalized spacial score (nSPS) is 18.4. The Morgan fingerprint density at radius 2 is 2.12 bits per heavy atom. The van der Waals surface area contributed by atoms with Crippen molar-refractivity contribution in [1.29, 1.82) is 0 Å². The first-order chi connectivity index (χ1) is 12.6. The van der Waals surface area contributed by atoms with E-state index in [9.17, 15) is 9.18 Å². The number of carbonyl (C=O) groups excluding carboxylic acids is 1. The largest absolute Gasteiger partial charge is 0.496 e. The molecule has 1 N–H and O–H groups in total. The summed E-state index contributed by atoms with van der Waals surface area (Å²) >= 11 is 0. The van der Waals surface area contributed by atoms with Crippen LogP contribution in [0.3, 0.4) is 0 Å². The molecule has 0 aromatic heterocycles. The van der Waals surface area contributed by atoms with Gasteiger partial charge in [0.2, 0.25) is 5.91 Å². The number of hydrogen-bond donors (Lipinski definition) is 1. The molecule has 2 aromatic carbocycles. The van der Waals surface area contributed by atoms with Gasteiger partial charge in [0.25, 0.3) is 0 Å². The zero-order chi connectivity index (χ0) is 18.5. The molecule has 0 saturated carbocycles. The van der Waals surface area contributed by atoms with Gasteiger partial charge in [-0.3, -0.25) is 4.79 Å². The summed E-state index contributed by atoms with van der Waals surface area (Å²) in [4.78, 5) is 14.9. The standard InChI is InChI=1S/C21H25FN2O2/c1-15(16-6-5-7-17(22)13-16)12-21(25)24-11-10-23-14-19(24)18-8-3-4-9-20(18)26-2/h3-9,13,15,19,23H,10-12,14H2,1-2H3. The molecule has 2 unspecified atom stereocenters. The topological polar surface area (TPSA) is 41.6 Å². The second kappa shape index (κ2) is 8.32. The summed E-state index contributed by atoms with van der Waals surface area (Å²) in [5.74, 6) is 0.568. The van der Waals surface area contributed by atoms with E-state index in [1.54, 1.807) is 13.2 Å². The number of benzene rings is 2. The lowest BCUT2D eigenvalue weighted by Crippen LogP contribution is -2.49. The zero-order valence-electron chi connectivity index (χ0n) is 15.2. The first-order valence-corrected chi connectivity index (χ1v) is 8.98. The molecule has 4 nitrogen and oxygen atoms in total. The van der Waals surface area contributed by atoms with Gasteiger partial charge in [0.15, 0.2) is 0 Å². The summed E-state index contributed by atoms with van der Waals surface area (Å²) in [6, 6.07) is 14.2. The summed E-state index contributed by atoms with van der Waals surface area (Å²) in [5, 5.41) is 3.36. The Kier molecular flexibility index (Phi) is 5.89. The van der Waals surface area contributed by atoms with Gasteiger partial charge < -0.3 is 15.0 Å². The van der Waals surface area contributed by atoms with E-state index >= 15 is 0 Å². The number of methoxy groups -OCH3 is 1. The third kappa shape index (κ3) is 4.05. The minimum Gasteiger partial charge on any atom is -0.496 e. The molecule has 138 valence electrons. The third-order valence-corrected chi connectivity index (χ3v) is 4.96. The number of piperazine rings is 1. The molecule has 0 aliphatic carbocycles. The van der Waals surface area contributed by atoms with E-state index in [1.807, 2.05) is 42.2 Å². The molecule has 26 heavy (non-hydrogen) atoms. The minimum atomic E-state index is -0.268. The van der Waals surface area contributed by atoms with E-state index in [4.69, 9.17) is 4.74 Å². The van der Waals surface area contributed by atoms with Gasteiger partial charge in [0, 0.05) is 31.6 Å². The van der Waals surface area contributed by atoms with Gasteiger partial charge in [0.1, 0.15) is 11.6 Å². The molecule has 2 atom stereocenters. The predicted molar refractivity (Wildman–Crippen MR) is 99.7 cm³/mol. The van der Waals surface area contributed by atoms with Crippen LogP contribution in [0.1, 0.15) is 36.4 Å². The number of amides is 1. The smallest absolute Gasteiger partial charge is 0.223 e. The summed E-state index contributed by atoms with van der Waals surface area (Å²) in [5.41, 5.74) is 1.86. The first-order valence-electron chi connectivity index (χ1n) is 8.98. The lowest BCUT2D eigenvalue weighted by Gasteiger charge is -2.37. The molecule has 1 fully saturated rings. The number of carbonyl (C=O) groups is 1. The Morgan fingerprint density at radius 3 is 2.88 bits per heavy atom. The van der Waals surface area contributed by atoms with Crippen molar-refractivity contribution in [2.45, 2.75) is 25.3 Å². The van der Waals surface area contributed by atoms with Crippen LogP contribution in [-0.2, 0) is 4.79 Å². The highest BCUT2D eigenvalue weighted by atomic mass is 19.1. The Labute approximate surface area is 154 Å². The van der Waals surface area contributed by atoms with Crippen molar-refractivity contribution in [2.24, 2.45) is 0 Å².